The molecule has 0 saturated carbocycles. The number of hydrogen-bond acceptors (Lipinski definition) is 4. The largest absolute Gasteiger partial charge is 0.474 e. The molecule has 0 bridgehead atoms. The standard InChI is InChI=1S/C14H25N3O/c1-6-8-10(3)18-14-11(4)13(15-9-7-2)16-12(5)17-14/h10H,6-9H2,1-5H3,(H,15,16,17). The smallest absolute Gasteiger partial charge is 0.222 e. The van der Waals surface area contributed by atoms with E-state index in [1.165, 1.54) is 0 Å². The van der Waals surface area contributed by atoms with E-state index in [-0.39, 0.29) is 6.10 Å². The van der Waals surface area contributed by atoms with E-state index in [1.807, 2.05) is 13.8 Å². The zero-order chi connectivity index (χ0) is 13.5. The van der Waals surface area contributed by atoms with Gasteiger partial charge in [-0.05, 0) is 33.6 Å². The molecule has 102 valence electrons. The van der Waals surface area contributed by atoms with E-state index >= 15 is 0 Å². The zero-order valence-electron chi connectivity index (χ0n) is 12.2. The molecule has 4 nitrogen and oxygen atoms in total. The first-order valence-electron chi connectivity index (χ1n) is 6.84. The number of aryl methyl sites for hydroxylation is 1. The lowest BCUT2D eigenvalue weighted by molar-refractivity contribution is 0.199. The van der Waals surface area contributed by atoms with Crippen LogP contribution in [-0.4, -0.2) is 22.6 Å². The van der Waals surface area contributed by atoms with Crippen LogP contribution in [0.2, 0.25) is 0 Å². The number of nitrogens with one attached hydrogen (secondary N) is 1. The van der Waals surface area contributed by atoms with E-state index in [2.05, 4.69) is 36.1 Å². The van der Waals surface area contributed by atoms with Crippen molar-refractivity contribution in [1.29, 1.82) is 0 Å². The summed E-state index contributed by atoms with van der Waals surface area (Å²) in [5.41, 5.74) is 0.997. The molecule has 0 radical (unpaired) electrons. The monoisotopic (exact) mass is 251 g/mol. The van der Waals surface area contributed by atoms with Crippen LogP contribution in [0.15, 0.2) is 0 Å². The molecule has 0 fully saturated rings. The van der Waals surface area contributed by atoms with E-state index in [1.54, 1.807) is 0 Å². The molecule has 1 aromatic rings. The van der Waals surface area contributed by atoms with Crippen LogP contribution in [0, 0.1) is 13.8 Å². The van der Waals surface area contributed by atoms with Crippen molar-refractivity contribution in [3.8, 4) is 5.88 Å². The van der Waals surface area contributed by atoms with E-state index < -0.39 is 0 Å². The summed E-state index contributed by atoms with van der Waals surface area (Å²) in [4.78, 5) is 8.81. The van der Waals surface area contributed by atoms with Crippen LogP contribution in [0.25, 0.3) is 0 Å². The van der Waals surface area contributed by atoms with Crippen molar-refractivity contribution >= 4 is 5.82 Å². The molecule has 0 saturated heterocycles. The number of rotatable bonds is 7. The summed E-state index contributed by atoms with van der Waals surface area (Å²) in [7, 11) is 0. The molecule has 1 aromatic heterocycles. The second-order valence-corrected chi connectivity index (χ2v) is 4.69. The molecular weight excluding hydrogens is 226 g/mol. The number of anilines is 1. The van der Waals surface area contributed by atoms with Gasteiger partial charge < -0.3 is 10.1 Å². The van der Waals surface area contributed by atoms with Crippen LogP contribution in [-0.2, 0) is 0 Å². The Bertz CT molecular complexity index is 380. The fraction of sp³-hybridized carbons (Fsp3) is 0.714. The summed E-state index contributed by atoms with van der Waals surface area (Å²) in [6.45, 7) is 11.2. The maximum absolute atomic E-state index is 5.90. The maximum atomic E-state index is 5.90. The number of aromatic nitrogens is 2. The summed E-state index contributed by atoms with van der Waals surface area (Å²) in [5, 5.41) is 3.32. The highest BCUT2D eigenvalue weighted by Crippen LogP contribution is 2.23. The van der Waals surface area contributed by atoms with Crippen LogP contribution < -0.4 is 10.1 Å². The molecule has 1 N–H and O–H groups in total. The Morgan fingerprint density at radius 2 is 1.89 bits per heavy atom. The van der Waals surface area contributed by atoms with Gasteiger partial charge in [0.15, 0.2) is 0 Å². The fourth-order valence-electron chi connectivity index (χ4n) is 1.79. The fourth-order valence-corrected chi connectivity index (χ4v) is 1.79. The van der Waals surface area contributed by atoms with Gasteiger partial charge in [-0.1, -0.05) is 20.3 Å². The molecule has 0 aliphatic rings. The van der Waals surface area contributed by atoms with E-state index in [4.69, 9.17) is 4.74 Å². The Balaban J connectivity index is 2.86. The summed E-state index contributed by atoms with van der Waals surface area (Å²) in [5.74, 6) is 2.35. The van der Waals surface area contributed by atoms with Crippen molar-refractivity contribution in [2.24, 2.45) is 0 Å². The van der Waals surface area contributed by atoms with Crippen molar-refractivity contribution in [2.75, 3.05) is 11.9 Å². The van der Waals surface area contributed by atoms with Gasteiger partial charge in [0.2, 0.25) is 5.88 Å². The SMILES string of the molecule is CCCNc1nc(C)nc(OC(C)CCC)c1C. The minimum Gasteiger partial charge on any atom is -0.474 e. The van der Waals surface area contributed by atoms with E-state index in [0.717, 1.165) is 43.0 Å². The first-order chi connectivity index (χ1) is 8.58. The van der Waals surface area contributed by atoms with Gasteiger partial charge in [0.05, 0.1) is 11.7 Å². The van der Waals surface area contributed by atoms with Gasteiger partial charge in [-0.25, -0.2) is 4.98 Å². The maximum Gasteiger partial charge on any atom is 0.222 e. The predicted octanol–water partition coefficient (Wildman–Crippen LogP) is 3.48. The highest BCUT2D eigenvalue weighted by molar-refractivity contribution is 5.48. The van der Waals surface area contributed by atoms with Gasteiger partial charge in [0.1, 0.15) is 11.6 Å². The second-order valence-electron chi connectivity index (χ2n) is 4.69. The Morgan fingerprint density at radius 1 is 1.17 bits per heavy atom. The van der Waals surface area contributed by atoms with Gasteiger partial charge in [0.25, 0.3) is 0 Å². The Labute approximate surface area is 110 Å². The highest BCUT2D eigenvalue weighted by Gasteiger charge is 2.12. The Hall–Kier alpha value is -1.32. The minimum absolute atomic E-state index is 0.196. The number of nitrogens with zero attached hydrogens (tertiary/aromatic N) is 2. The molecule has 0 amide bonds. The summed E-state index contributed by atoms with van der Waals surface area (Å²) in [6, 6.07) is 0. The zero-order valence-corrected chi connectivity index (χ0v) is 12.2. The lowest BCUT2D eigenvalue weighted by atomic mass is 10.2. The summed E-state index contributed by atoms with van der Waals surface area (Å²) < 4.78 is 5.90. The van der Waals surface area contributed by atoms with Gasteiger partial charge in [0, 0.05) is 6.54 Å². The Morgan fingerprint density at radius 3 is 2.50 bits per heavy atom. The summed E-state index contributed by atoms with van der Waals surface area (Å²) in [6.07, 6.45) is 3.43. The third-order valence-corrected chi connectivity index (χ3v) is 2.76. The number of hydrogen-bond donors (Lipinski definition) is 1. The van der Waals surface area contributed by atoms with Crippen LogP contribution in [0.4, 0.5) is 5.82 Å². The Kier molecular flexibility index (Phi) is 5.89. The molecule has 4 heteroatoms. The van der Waals surface area contributed by atoms with Crippen LogP contribution in [0.5, 0.6) is 5.88 Å². The molecule has 18 heavy (non-hydrogen) atoms. The molecule has 0 aromatic carbocycles. The van der Waals surface area contributed by atoms with Crippen molar-refractivity contribution in [2.45, 2.75) is 60.0 Å². The molecule has 0 aliphatic heterocycles. The third kappa shape index (κ3) is 4.17. The van der Waals surface area contributed by atoms with Crippen molar-refractivity contribution in [3.05, 3.63) is 11.4 Å². The lowest BCUT2D eigenvalue weighted by Crippen LogP contribution is -2.15. The molecule has 0 spiro atoms. The molecule has 1 heterocycles. The van der Waals surface area contributed by atoms with Crippen molar-refractivity contribution < 1.29 is 4.74 Å². The average molecular weight is 251 g/mol. The quantitative estimate of drug-likeness (QED) is 0.806. The van der Waals surface area contributed by atoms with Crippen LogP contribution in [0.1, 0.15) is 51.4 Å². The normalized spacial score (nSPS) is 12.3. The predicted molar refractivity (Wildman–Crippen MR) is 75.3 cm³/mol. The third-order valence-electron chi connectivity index (χ3n) is 2.76. The van der Waals surface area contributed by atoms with E-state index in [9.17, 15) is 0 Å². The molecule has 1 atom stereocenters. The van der Waals surface area contributed by atoms with Crippen LogP contribution in [0.3, 0.4) is 0 Å². The second kappa shape index (κ2) is 7.19. The van der Waals surface area contributed by atoms with Crippen molar-refractivity contribution in [3.63, 3.8) is 0 Å². The first-order valence-corrected chi connectivity index (χ1v) is 6.84. The minimum atomic E-state index is 0.196. The van der Waals surface area contributed by atoms with E-state index in [0.29, 0.717) is 5.88 Å². The molecule has 0 aliphatic carbocycles. The average Bonchev–Trinajstić information content (AvgIpc) is 2.31. The molecular formula is C14H25N3O. The first kappa shape index (κ1) is 14.7. The van der Waals surface area contributed by atoms with Crippen molar-refractivity contribution in [1.82, 2.24) is 9.97 Å². The lowest BCUT2D eigenvalue weighted by Gasteiger charge is -2.17. The van der Waals surface area contributed by atoms with Gasteiger partial charge in [-0.2, -0.15) is 4.98 Å². The topological polar surface area (TPSA) is 47.0 Å². The van der Waals surface area contributed by atoms with Gasteiger partial charge in [-0.15, -0.1) is 0 Å². The number of ether oxygens (including phenoxy) is 1. The van der Waals surface area contributed by atoms with Gasteiger partial charge >= 0.3 is 0 Å². The van der Waals surface area contributed by atoms with Crippen LogP contribution >= 0.6 is 0 Å². The summed E-state index contributed by atoms with van der Waals surface area (Å²) >= 11 is 0. The molecule has 1 rings (SSSR count). The molecule has 1 unspecified atom stereocenters. The highest BCUT2D eigenvalue weighted by atomic mass is 16.5. The van der Waals surface area contributed by atoms with Gasteiger partial charge in [-0.3, -0.25) is 0 Å².